The van der Waals surface area contributed by atoms with Gasteiger partial charge in [0.2, 0.25) is 21.8 Å². The summed E-state index contributed by atoms with van der Waals surface area (Å²) < 4.78 is 35.6. The molecule has 146 valence electrons. The Morgan fingerprint density at radius 1 is 1.07 bits per heavy atom. The molecule has 0 aromatic carbocycles. The van der Waals surface area contributed by atoms with E-state index in [1.165, 1.54) is 43.1 Å². The van der Waals surface area contributed by atoms with Gasteiger partial charge in [-0.2, -0.15) is 9.29 Å². The van der Waals surface area contributed by atoms with Crippen LogP contribution in [-0.4, -0.2) is 49.8 Å². The first kappa shape index (κ1) is 19.7. The molecule has 3 aromatic rings. The average Bonchev–Trinajstić information content (AvgIpc) is 3.18. The number of aromatic nitrogens is 3. The summed E-state index contributed by atoms with van der Waals surface area (Å²) in [6.07, 6.45) is 4.13. The van der Waals surface area contributed by atoms with Gasteiger partial charge in [0.05, 0.1) is 20.5 Å². The molecule has 3 aromatic heterocycles. The van der Waals surface area contributed by atoms with Gasteiger partial charge in [-0.1, -0.05) is 0 Å². The second-order valence-electron chi connectivity index (χ2n) is 5.49. The van der Waals surface area contributed by atoms with Crippen molar-refractivity contribution in [3.8, 4) is 22.3 Å². The summed E-state index contributed by atoms with van der Waals surface area (Å²) in [5.74, 6) is -0.665. The van der Waals surface area contributed by atoms with Crippen molar-refractivity contribution in [3.63, 3.8) is 0 Å². The second-order valence-corrected chi connectivity index (χ2v) is 8.18. The first-order chi connectivity index (χ1) is 13.3. The summed E-state index contributed by atoms with van der Waals surface area (Å²) in [4.78, 5) is 25.3. The average molecular weight is 420 g/mol. The number of carbonyl (C=O) groups is 1. The van der Waals surface area contributed by atoms with E-state index in [1.807, 2.05) is 0 Å². The number of nitrogens with zero attached hydrogens (tertiary/aromatic N) is 4. The Morgan fingerprint density at radius 3 is 2.39 bits per heavy atom. The molecule has 28 heavy (non-hydrogen) atoms. The third kappa shape index (κ3) is 3.94. The Kier molecular flexibility index (Phi) is 5.56. The molecular formula is C17H16N4O5S2. The number of carbonyl (C=O) groups excluding carboxylic acids is 1. The maximum atomic E-state index is 13.0. The fourth-order valence-corrected chi connectivity index (χ4v) is 4.07. The zero-order valence-electron chi connectivity index (χ0n) is 15.2. The number of hydrogen-bond donors (Lipinski definition) is 0. The lowest BCUT2D eigenvalue weighted by atomic mass is 10.3. The van der Waals surface area contributed by atoms with Gasteiger partial charge in [-0.3, -0.25) is 9.78 Å². The normalized spacial score (nSPS) is 11.1. The van der Waals surface area contributed by atoms with Gasteiger partial charge in [0.1, 0.15) is 16.4 Å². The van der Waals surface area contributed by atoms with E-state index in [0.29, 0.717) is 9.31 Å². The van der Waals surface area contributed by atoms with Crippen molar-refractivity contribution in [1.82, 2.24) is 15.0 Å². The molecule has 3 rings (SSSR count). The van der Waals surface area contributed by atoms with Crippen LogP contribution >= 0.6 is 11.3 Å². The number of sulfonamides is 1. The Bertz CT molecular complexity index is 1100. The molecule has 0 radical (unpaired) electrons. The fraction of sp³-hybridized carbons (Fsp3) is 0.176. The molecular weight excluding hydrogens is 404 g/mol. The molecule has 0 aliphatic carbocycles. The number of amides is 1. The molecule has 0 bridgehead atoms. The SMILES string of the molecule is COc1ccc(N(C(=O)c2csc(-c3ccncc3)n2)S(C)(=O)=O)c(OC)n1. The quantitative estimate of drug-likeness (QED) is 0.597. The van der Waals surface area contributed by atoms with E-state index in [1.54, 1.807) is 24.5 Å². The molecule has 0 aliphatic rings. The van der Waals surface area contributed by atoms with E-state index in [-0.39, 0.29) is 23.1 Å². The number of pyridine rings is 2. The number of methoxy groups -OCH3 is 2. The van der Waals surface area contributed by atoms with Crippen molar-refractivity contribution in [2.75, 3.05) is 24.8 Å². The van der Waals surface area contributed by atoms with Crippen LogP contribution in [0.3, 0.4) is 0 Å². The van der Waals surface area contributed by atoms with Crippen LogP contribution in [-0.2, 0) is 10.0 Å². The minimum Gasteiger partial charge on any atom is -0.481 e. The van der Waals surface area contributed by atoms with Crippen molar-refractivity contribution in [3.05, 3.63) is 47.7 Å². The number of thiazole rings is 1. The molecule has 3 heterocycles. The lowest BCUT2D eigenvalue weighted by Crippen LogP contribution is -2.36. The van der Waals surface area contributed by atoms with Gasteiger partial charge < -0.3 is 9.47 Å². The lowest BCUT2D eigenvalue weighted by Gasteiger charge is -2.21. The van der Waals surface area contributed by atoms with E-state index >= 15 is 0 Å². The Balaban J connectivity index is 2.05. The van der Waals surface area contributed by atoms with Gasteiger partial charge in [0.25, 0.3) is 5.91 Å². The topological polar surface area (TPSA) is 112 Å². The third-order valence-corrected chi connectivity index (χ3v) is 5.52. The molecule has 0 atom stereocenters. The molecule has 9 nitrogen and oxygen atoms in total. The standard InChI is InChI=1S/C17H16N4O5S2/c1-25-14-5-4-13(15(20-14)26-2)21(28(3,23)24)17(22)12-10-27-16(19-12)11-6-8-18-9-7-11/h4-10H,1-3H3. The van der Waals surface area contributed by atoms with E-state index in [9.17, 15) is 13.2 Å². The zero-order chi connectivity index (χ0) is 20.3. The van der Waals surface area contributed by atoms with Crippen molar-refractivity contribution in [2.45, 2.75) is 0 Å². The van der Waals surface area contributed by atoms with Crippen molar-refractivity contribution in [2.24, 2.45) is 0 Å². The third-order valence-electron chi connectivity index (χ3n) is 3.60. The summed E-state index contributed by atoms with van der Waals surface area (Å²) in [5, 5.41) is 2.07. The predicted molar refractivity (Wildman–Crippen MR) is 104 cm³/mol. The van der Waals surface area contributed by atoms with Crippen LogP contribution < -0.4 is 13.8 Å². The monoisotopic (exact) mass is 420 g/mol. The summed E-state index contributed by atoms with van der Waals surface area (Å²) in [7, 11) is -1.26. The van der Waals surface area contributed by atoms with Crippen molar-refractivity contribution < 1.29 is 22.7 Å². The molecule has 0 saturated heterocycles. The highest BCUT2D eigenvalue weighted by molar-refractivity contribution is 7.92. The van der Waals surface area contributed by atoms with Crippen LogP contribution in [0.5, 0.6) is 11.8 Å². The molecule has 0 N–H and O–H groups in total. The number of anilines is 1. The molecule has 0 saturated carbocycles. The highest BCUT2D eigenvalue weighted by Gasteiger charge is 2.31. The highest BCUT2D eigenvalue weighted by atomic mass is 32.2. The Labute approximate surface area is 165 Å². The minimum atomic E-state index is -4.00. The fourth-order valence-electron chi connectivity index (χ4n) is 2.38. The first-order valence-electron chi connectivity index (χ1n) is 7.84. The van der Waals surface area contributed by atoms with Crippen LogP contribution in [0.4, 0.5) is 5.69 Å². The van der Waals surface area contributed by atoms with Crippen molar-refractivity contribution in [1.29, 1.82) is 0 Å². The van der Waals surface area contributed by atoms with E-state index in [0.717, 1.165) is 11.8 Å². The molecule has 0 spiro atoms. The van der Waals surface area contributed by atoms with Crippen LogP contribution in [0, 0.1) is 0 Å². The Hall–Kier alpha value is -3.05. The van der Waals surface area contributed by atoms with Gasteiger partial charge in [0.15, 0.2) is 0 Å². The van der Waals surface area contributed by atoms with Crippen LogP contribution in [0.15, 0.2) is 42.0 Å². The number of rotatable bonds is 6. The smallest absolute Gasteiger partial charge is 0.291 e. The summed E-state index contributed by atoms with van der Waals surface area (Å²) in [6, 6.07) is 6.32. The van der Waals surface area contributed by atoms with Gasteiger partial charge in [-0.05, 0) is 18.2 Å². The molecule has 0 unspecified atom stereocenters. The maximum Gasteiger partial charge on any atom is 0.291 e. The van der Waals surface area contributed by atoms with Gasteiger partial charge in [-0.15, -0.1) is 11.3 Å². The van der Waals surface area contributed by atoms with E-state index < -0.39 is 15.9 Å². The molecule has 0 aliphatic heterocycles. The second kappa shape index (κ2) is 7.90. The molecule has 1 amide bonds. The van der Waals surface area contributed by atoms with Gasteiger partial charge in [-0.25, -0.2) is 13.4 Å². The van der Waals surface area contributed by atoms with Crippen molar-refractivity contribution >= 4 is 33.0 Å². The molecule has 0 fully saturated rings. The number of ether oxygens (including phenoxy) is 2. The first-order valence-corrected chi connectivity index (χ1v) is 10.6. The zero-order valence-corrected chi connectivity index (χ0v) is 16.8. The maximum absolute atomic E-state index is 13.0. The summed E-state index contributed by atoms with van der Waals surface area (Å²) in [5.41, 5.74) is 0.725. The van der Waals surface area contributed by atoms with Crippen LogP contribution in [0.2, 0.25) is 0 Å². The van der Waals surface area contributed by atoms with Crippen LogP contribution in [0.1, 0.15) is 10.5 Å². The summed E-state index contributed by atoms with van der Waals surface area (Å²) >= 11 is 1.22. The number of hydrogen-bond acceptors (Lipinski definition) is 9. The largest absolute Gasteiger partial charge is 0.481 e. The minimum absolute atomic E-state index is 0.0138. The predicted octanol–water partition coefficient (Wildman–Crippen LogP) is 2.22. The van der Waals surface area contributed by atoms with E-state index in [4.69, 9.17) is 9.47 Å². The van der Waals surface area contributed by atoms with Crippen LogP contribution in [0.25, 0.3) is 10.6 Å². The summed E-state index contributed by atoms with van der Waals surface area (Å²) in [6.45, 7) is 0. The Morgan fingerprint density at radius 2 is 1.79 bits per heavy atom. The van der Waals surface area contributed by atoms with Gasteiger partial charge >= 0.3 is 0 Å². The molecule has 11 heteroatoms. The van der Waals surface area contributed by atoms with E-state index in [2.05, 4.69) is 15.0 Å². The van der Waals surface area contributed by atoms with Gasteiger partial charge in [0, 0.05) is 29.4 Å². The lowest BCUT2D eigenvalue weighted by molar-refractivity contribution is 0.100. The highest BCUT2D eigenvalue weighted by Crippen LogP contribution is 2.32.